The molecule has 1 aromatic rings. The summed E-state index contributed by atoms with van der Waals surface area (Å²) >= 11 is 11.1. The molecule has 53 valence electrons. The van der Waals surface area contributed by atoms with Crippen molar-refractivity contribution >= 4 is 23.2 Å². The molecule has 0 bridgehead atoms. The number of halogens is 3. The zero-order valence-electron chi connectivity index (χ0n) is 5.21. The Morgan fingerprint density at radius 1 is 1.50 bits per heavy atom. The molecule has 0 N–H and O–H groups in total. The Morgan fingerprint density at radius 3 is 2.60 bits per heavy atom. The SMILES string of the molecule is Cc1c(Cl)c[c]c(F)c1Cl. The minimum atomic E-state index is -0.552. The van der Waals surface area contributed by atoms with Gasteiger partial charge < -0.3 is 0 Å². The maximum Gasteiger partial charge on any atom is 0.150 e. The highest BCUT2D eigenvalue weighted by atomic mass is 35.5. The molecule has 0 aromatic heterocycles. The van der Waals surface area contributed by atoms with Gasteiger partial charge in [0.05, 0.1) is 5.02 Å². The van der Waals surface area contributed by atoms with E-state index >= 15 is 0 Å². The number of rotatable bonds is 0. The summed E-state index contributed by atoms with van der Waals surface area (Å²) < 4.78 is 12.5. The standard InChI is InChI=1S/C7H4Cl2F/c1-4-5(8)2-3-6(10)7(4)9/h2H,1H3. The van der Waals surface area contributed by atoms with Crippen LogP contribution in [0.4, 0.5) is 4.39 Å². The fourth-order valence-corrected chi connectivity index (χ4v) is 0.922. The van der Waals surface area contributed by atoms with Crippen LogP contribution in [0.15, 0.2) is 6.07 Å². The zero-order chi connectivity index (χ0) is 7.72. The van der Waals surface area contributed by atoms with Crippen LogP contribution >= 0.6 is 23.2 Å². The number of benzene rings is 1. The molecule has 0 aliphatic carbocycles. The molecule has 0 unspecified atom stereocenters. The molecule has 0 spiro atoms. The van der Waals surface area contributed by atoms with Gasteiger partial charge in [-0.25, -0.2) is 4.39 Å². The second-order valence-electron chi connectivity index (χ2n) is 1.89. The highest BCUT2D eigenvalue weighted by Gasteiger charge is 2.05. The predicted molar refractivity (Wildman–Crippen MR) is 40.0 cm³/mol. The minimum Gasteiger partial charge on any atom is -0.205 e. The topological polar surface area (TPSA) is 0 Å². The van der Waals surface area contributed by atoms with Gasteiger partial charge in [0.15, 0.2) is 0 Å². The first kappa shape index (κ1) is 7.83. The Balaban J connectivity index is 3.34. The van der Waals surface area contributed by atoms with Crippen molar-refractivity contribution in [1.29, 1.82) is 0 Å². The quantitative estimate of drug-likeness (QED) is 0.535. The summed E-state index contributed by atoms with van der Waals surface area (Å²) in [5, 5.41) is 0.485. The number of hydrogen-bond acceptors (Lipinski definition) is 0. The molecule has 1 aromatic carbocycles. The molecular formula is C7H4Cl2F. The fourth-order valence-electron chi connectivity index (χ4n) is 0.568. The normalized spacial score (nSPS) is 10.0. The van der Waals surface area contributed by atoms with Crippen molar-refractivity contribution in [1.82, 2.24) is 0 Å². The van der Waals surface area contributed by atoms with E-state index in [4.69, 9.17) is 23.2 Å². The third kappa shape index (κ3) is 1.25. The highest BCUT2D eigenvalue weighted by Crippen LogP contribution is 2.25. The lowest BCUT2D eigenvalue weighted by molar-refractivity contribution is 0.625. The Morgan fingerprint density at radius 2 is 2.10 bits per heavy atom. The Kier molecular flexibility index (Phi) is 2.17. The molecule has 0 aliphatic heterocycles. The van der Waals surface area contributed by atoms with Crippen molar-refractivity contribution in [2.75, 3.05) is 0 Å². The molecule has 0 heterocycles. The van der Waals surface area contributed by atoms with Crippen LogP contribution < -0.4 is 0 Å². The van der Waals surface area contributed by atoms with E-state index in [0.717, 1.165) is 0 Å². The lowest BCUT2D eigenvalue weighted by Crippen LogP contribution is -1.82. The Labute approximate surface area is 68.6 Å². The third-order valence-electron chi connectivity index (χ3n) is 1.21. The van der Waals surface area contributed by atoms with Gasteiger partial charge >= 0.3 is 0 Å². The van der Waals surface area contributed by atoms with E-state index in [9.17, 15) is 4.39 Å². The second-order valence-corrected chi connectivity index (χ2v) is 2.67. The lowest BCUT2D eigenvalue weighted by atomic mass is 10.2. The molecule has 0 atom stereocenters. The predicted octanol–water partition coefficient (Wildman–Crippen LogP) is 3.24. The zero-order valence-corrected chi connectivity index (χ0v) is 6.72. The van der Waals surface area contributed by atoms with Gasteiger partial charge in [-0.3, -0.25) is 0 Å². The van der Waals surface area contributed by atoms with Crippen LogP contribution in [-0.2, 0) is 0 Å². The van der Waals surface area contributed by atoms with E-state index in [1.54, 1.807) is 6.92 Å². The maximum atomic E-state index is 12.5. The van der Waals surface area contributed by atoms with Crippen LogP contribution in [0.1, 0.15) is 5.56 Å². The Hall–Kier alpha value is -0.270. The van der Waals surface area contributed by atoms with Gasteiger partial charge in [-0.15, -0.1) is 0 Å². The van der Waals surface area contributed by atoms with Gasteiger partial charge in [0.2, 0.25) is 0 Å². The van der Waals surface area contributed by atoms with E-state index in [1.165, 1.54) is 6.07 Å². The summed E-state index contributed by atoms with van der Waals surface area (Å²) in [5.41, 5.74) is 0.555. The largest absolute Gasteiger partial charge is 0.205 e. The van der Waals surface area contributed by atoms with Crippen molar-refractivity contribution in [2.45, 2.75) is 6.92 Å². The first-order valence-corrected chi connectivity index (χ1v) is 3.40. The van der Waals surface area contributed by atoms with Crippen LogP contribution in [0.3, 0.4) is 0 Å². The van der Waals surface area contributed by atoms with Gasteiger partial charge in [-0.2, -0.15) is 0 Å². The summed E-state index contributed by atoms with van der Waals surface area (Å²) in [4.78, 5) is 0. The van der Waals surface area contributed by atoms with Gasteiger partial charge in [-0.05, 0) is 18.6 Å². The van der Waals surface area contributed by atoms with Gasteiger partial charge in [0, 0.05) is 11.1 Å². The van der Waals surface area contributed by atoms with Crippen molar-refractivity contribution in [3.8, 4) is 0 Å². The molecule has 1 radical (unpaired) electrons. The van der Waals surface area contributed by atoms with Crippen LogP contribution in [0.5, 0.6) is 0 Å². The molecule has 0 saturated heterocycles. The number of hydrogen-bond donors (Lipinski definition) is 0. The monoisotopic (exact) mass is 177 g/mol. The van der Waals surface area contributed by atoms with Crippen LogP contribution in [0.2, 0.25) is 10.0 Å². The summed E-state index contributed by atoms with van der Waals surface area (Å²) in [5.74, 6) is -0.552. The van der Waals surface area contributed by atoms with Crippen molar-refractivity contribution < 1.29 is 4.39 Å². The summed E-state index contributed by atoms with van der Waals surface area (Å²) in [6.45, 7) is 1.65. The lowest BCUT2D eigenvalue weighted by Gasteiger charge is -1.99. The van der Waals surface area contributed by atoms with Gasteiger partial charge in [0.1, 0.15) is 5.82 Å². The van der Waals surface area contributed by atoms with Crippen LogP contribution in [-0.4, -0.2) is 0 Å². The minimum absolute atomic E-state index is 0.0486. The van der Waals surface area contributed by atoms with Crippen molar-refractivity contribution in [3.63, 3.8) is 0 Å². The van der Waals surface area contributed by atoms with Crippen molar-refractivity contribution in [2.24, 2.45) is 0 Å². The van der Waals surface area contributed by atoms with Crippen LogP contribution in [0, 0.1) is 18.8 Å². The van der Waals surface area contributed by atoms with E-state index in [1.807, 2.05) is 0 Å². The van der Waals surface area contributed by atoms with Gasteiger partial charge in [0.25, 0.3) is 0 Å². The molecule has 0 fully saturated rings. The molecule has 3 heteroatoms. The average Bonchev–Trinajstić information content (AvgIpc) is 1.93. The van der Waals surface area contributed by atoms with E-state index in [0.29, 0.717) is 10.6 Å². The average molecular weight is 178 g/mol. The summed E-state index contributed by atoms with van der Waals surface area (Å²) in [6, 6.07) is 3.64. The molecule has 0 nitrogen and oxygen atoms in total. The fraction of sp³-hybridized carbons (Fsp3) is 0.143. The van der Waals surface area contributed by atoms with Crippen molar-refractivity contribution in [3.05, 3.63) is 33.6 Å². The first-order valence-electron chi connectivity index (χ1n) is 2.64. The van der Waals surface area contributed by atoms with E-state index < -0.39 is 5.82 Å². The maximum absolute atomic E-state index is 12.5. The smallest absolute Gasteiger partial charge is 0.150 e. The van der Waals surface area contributed by atoms with E-state index in [2.05, 4.69) is 6.07 Å². The third-order valence-corrected chi connectivity index (χ3v) is 2.05. The molecular weight excluding hydrogens is 174 g/mol. The molecule has 0 aliphatic rings. The molecule has 0 amide bonds. The molecule has 1 rings (SSSR count). The summed E-state index contributed by atoms with van der Waals surface area (Å²) in [7, 11) is 0. The second kappa shape index (κ2) is 2.77. The highest BCUT2D eigenvalue weighted by molar-refractivity contribution is 6.35. The van der Waals surface area contributed by atoms with Crippen LogP contribution in [0.25, 0.3) is 0 Å². The Bertz CT molecular complexity index is 231. The molecule has 0 saturated carbocycles. The summed E-state index contributed by atoms with van der Waals surface area (Å²) in [6.07, 6.45) is 0. The van der Waals surface area contributed by atoms with E-state index in [-0.39, 0.29) is 5.02 Å². The van der Waals surface area contributed by atoms with Gasteiger partial charge in [-0.1, -0.05) is 23.2 Å². The molecule has 10 heavy (non-hydrogen) atoms. The first-order chi connectivity index (χ1) is 4.63.